The molecule has 110 valence electrons. The molecule has 2 aromatic rings. The van der Waals surface area contributed by atoms with Gasteiger partial charge in [0.05, 0.1) is 0 Å². The molecule has 1 unspecified atom stereocenters. The monoisotopic (exact) mass is 288 g/mol. The maximum absolute atomic E-state index is 12.1. The van der Waals surface area contributed by atoms with Crippen molar-refractivity contribution in [2.75, 3.05) is 0 Å². The molecule has 0 saturated carbocycles. The van der Waals surface area contributed by atoms with Crippen molar-refractivity contribution in [3.8, 4) is 0 Å². The van der Waals surface area contributed by atoms with Crippen LogP contribution in [0, 0.1) is 10.1 Å². The molecule has 1 heterocycles. The zero-order chi connectivity index (χ0) is 15.4. The van der Waals surface area contributed by atoms with Gasteiger partial charge in [0.15, 0.2) is 5.78 Å². The summed E-state index contributed by atoms with van der Waals surface area (Å²) in [5, 5.41) is 14.1. The molecule has 0 saturated heterocycles. The molecule has 21 heavy (non-hydrogen) atoms. The summed E-state index contributed by atoms with van der Waals surface area (Å²) in [6.07, 6.45) is 2.22. The van der Waals surface area contributed by atoms with Crippen LogP contribution >= 0.6 is 0 Å². The molecule has 0 N–H and O–H groups in total. The highest BCUT2D eigenvalue weighted by Crippen LogP contribution is 2.19. The van der Waals surface area contributed by atoms with Crippen LogP contribution in [0.4, 0.5) is 5.95 Å². The summed E-state index contributed by atoms with van der Waals surface area (Å²) in [5.41, 5.74) is 1.74. The van der Waals surface area contributed by atoms with E-state index in [0.717, 1.165) is 6.42 Å². The lowest BCUT2D eigenvalue weighted by atomic mass is 9.97. The van der Waals surface area contributed by atoms with Gasteiger partial charge in [-0.15, -0.1) is 0 Å². The van der Waals surface area contributed by atoms with E-state index in [2.05, 4.69) is 23.9 Å². The third-order valence-electron chi connectivity index (χ3n) is 3.41. The Kier molecular flexibility index (Phi) is 4.42. The Balaban J connectivity index is 2.07. The number of aromatic nitrogens is 3. The number of hydrogen-bond donors (Lipinski definition) is 0. The standard InChI is InChI=1S/C14H16N4O3/c1-3-10(2)11-4-6-12(7-5-11)13(19)8-17-9-15-14(16-17)18(20)21/h4-7,9-10H,3,8H2,1-2H3. The van der Waals surface area contributed by atoms with Crippen molar-refractivity contribution in [1.82, 2.24) is 14.8 Å². The van der Waals surface area contributed by atoms with Gasteiger partial charge in [0, 0.05) is 10.7 Å². The number of nitrogens with zero attached hydrogens (tertiary/aromatic N) is 4. The molecule has 1 atom stereocenters. The number of hydrogen-bond acceptors (Lipinski definition) is 5. The van der Waals surface area contributed by atoms with Crippen molar-refractivity contribution >= 4 is 11.7 Å². The van der Waals surface area contributed by atoms with Gasteiger partial charge in [0.1, 0.15) is 6.54 Å². The van der Waals surface area contributed by atoms with E-state index in [9.17, 15) is 14.9 Å². The van der Waals surface area contributed by atoms with Crippen LogP contribution in [-0.4, -0.2) is 25.5 Å². The lowest BCUT2D eigenvalue weighted by Gasteiger charge is -2.09. The van der Waals surface area contributed by atoms with Gasteiger partial charge in [-0.25, -0.2) is 0 Å². The van der Waals surface area contributed by atoms with Gasteiger partial charge in [-0.3, -0.25) is 4.79 Å². The SMILES string of the molecule is CCC(C)c1ccc(C(=O)Cn2cnc([N+](=O)[O-])n2)cc1. The minimum atomic E-state index is -0.693. The predicted molar refractivity (Wildman–Crippen MR) is 76.2 cm³/mol. The first-order valence-corrected chi connectivity index (χ1v) is 6.68. The Hall–Kier alpha value is -2.57. The fourth-order valence-electron chi connectivity index (χ4n) is 1.92. The van der Waals surface area contributed by atoms with Gasteiger partial charge in [0.25, 0.3) is 0 Å². The molecule has 0 aliphatic carbocycles. The van der Waals surface area contributed by atoms with Crippen molar-refractivity contribution in [2.45, 2.75) is 32.7 Å². The summed E-state index contributed by atoms with van der Waals surface area (Å²) < 4.78 is 1.17. The molecule has 0 fully saturated rings. The Morgan fingerprint density at radius 3 is 2.57 bits per heavy atom. The van der Waals surface area contributed by atoms with E-state index >= 15 is 0 Å². The normalized spacial score (nSPS) is 12.1. The van der Waals surface area contributed by atoms with Crippen LogP contribution in [0.2, 0.25) is 0 Å². The van der Waals surface area contributed by atoms with Gasteiger partial charge in [0.2, 0.25) is 6.33 Å². The summed E-state index contributed by atoms with van der Waals surface area (Å²) >= 11 is 0. The highest BCUT2D eigenvalue weighted by Gasteiger charge is 2.16. The second kappa shape index (κ2) is 6.25. The second-order valence-electron chi connectivity index (χ2n) is 4.85. The Morgan fingerprint density at radius 1 is 1.38 bits per heavy atom. The largest absolute Gasteiger partial charge is 0.490 e. The number of benzene rings is 1. The molecule has 7 heteroatoms. The number of ketones is 1. The van der Waals surface area contributed by atoms with Gasteiger partial charge in [-0.05, 0) is 22.8 Å². The summed E-state index contributed by atoms with van der Waals surface area (Å²) in [6.45, 7) is 4.18. The number of rotatable bonds is 6. The average Bonchev–Trinajstić information content (AvgIpc) is 2.95. The molecule has 0 bridgehead atoms. The zero-order valence-electron chi connectivity index (χ0n) is 11.9. The molecule has 2 rings (SSSR count). The Labute approximate surface area is 121 Å². The van der Waals surface area contributed by atoms with E-state index in [1.54, 1.807) is 12.1 Å². The molecule has 0 aliphatic heterocycles. The van der Waals surface area contributed by atoms with Crippen LogP contribution in [0.25, 0.3) is 0 Å². The van der Waals surface area contributed by atoms with Crippen LogP contribution in [0.3, 0.4) is 0 Å². The maximum Gasteiger partial charge on any atom is 0.490 e. The number of nitro groups is 1. The van der Waals surface area contributed by atoms with Gasteiger partial charge >= 0.3 is 5.95 Å². The molecule has 0 amide bonds. The van der Waals surface area contributed by atoms with E-state index in [0.29, 0.717) is 11.5 Å². The minimum absolute atomic E-state index is 0.0660. The molecular weight excluding hydrogens is 272 g/mol. The molecular formula is C14H16N4O3. The first-order chi connectivity index (χ1) is 10.0. The molecule has 0 aliphatic rings. The zero-order valence-corrected chi connectivity index (χ0v) is 11.9. The summed E-state index contributed by atoms with van der Waals surface area (Å²) in [5.74, 6) is -0.215. The predicted octanol–water partition coefficient (Wildman–Crippen LogP) is 2.58. The summed E-state index contributed by atoms with van der Waals surface area (Å²) in [7, 11) is 0. The van der Waals surface area contributed by atoms with Crippen molar-refractivity contribution in [3.05, 3.63) is 51.8 Å². The average molecular weight is 288 g/mol. The third kappa shape index (κ3) is 3.50. The van der Waals surface area contributed by atoms with E-state index in [1.165, 1.54) is 16.6 Å². The van der Waals surface area contributed by atoms with Crippen LogP contribution in [-0.2, 0) is 6.54 Å². The van der Waals surface area contributed by atoms with E-state index < -0.39 is 10.9 Å². The summed E-state index contributed by atoms with van der Waals surface area (Å²) in [4.78, 5) is 25.4. The molecule has 7 nitrogen and oxygen atoms in total. The fraction of sp³-hybridized carbons (Fsp3) is 0.357. The third-order valence-corrected chi connectivity index (χ3v) is 3.41. The quantitative estimate of drug-likeness (QED) is 0.463. The van der Waals surface area contributed by atoms with Crippen LogP contribution < -0.4 is 0 Å². The lowest BCUT2D eigenvalue weighted by molar-refractivity contribution is -0.394. The Morgan fingerprint density at radius 2 is 2.05 bits per heavy atom. The maximum atomic E-state index is 12.1. The lowest BCUT2D eigenvalue weighted by Crippen LogP contribution is -2.11. The topological polar surface area (TPSA) is 90.9 Å². The highest BCUT2D eigenvalue weighted by atomic mass is 16.6. The van der Waals surface area contributed by atoms with Crippen molar-refractivity contribution in [2.24, 2.45) is 0 Å². The van der Waals surface area contributed by atoms with Crippen molar-refractivity contribution < 1.29 is 9.72 Å². The molecule has 0 spiro atoms. The van der Waals surface area contributed by atoms with E-state index in [-0.39, 0.29) is 12.3 Å². The first-order valence-electron chi connectivity index (χ1n) is 6.68. The fourth-order valence-corrected chi connectivity index (χ4v) is 1.92. The van der Waals surface area contributed by atoms with Gasteiger partial charge in [-0.1, -0.05) is 43.1 Å². The summed E-state index contributed by atoms with van der Waals surface area (Å²) in [6, 6.07) is 7.42. The Bertz CT molecular complexity index is 648. The van der Waals surface area contributed by atoms with Gasteiger partial charge < -0.3 is 10.1 Å². The first kappa shape index (κ1) is 14.8. The van der Waals surface area contributed by atoms with Crippen LogP contribution in [0.1, 0.15) is 42.1 Å². The smallest absolute Gasteiger partial charge is 0.390 e. The molecule has 0 radical (unpaired) electrons. The van der Waals surface area contributed by atoms with Crippen molar-refractivity contribution in [3.63, 3.8) is 0 Å². The van der Waals surface area contributed by atoms with Gasteiger partial charge in [-0.2, -0.15) is 4.68 Å². The minimum Gasteiger partial charge on any atom is -0.390 e. The van der Waals surface area contributed by atoms with Crippen LogP contribution in [0.15, 0.2) is 30.6 Å². The number of carbonyl (C=O) groups excluding carboxylic acids is 1. The van der Waals surface area contributed by atoms with E-state index in [4.69, 9.17) is 0 Å². The second-order valence-corrected chi connectivity index (χ2v) is 4.85. The number of Topliss-reactive ketones (excluding diaryl/α,β-unsaturated/α-hetero) is 1. The van der Waals surface area contributed by atoms with Crippen molar-refractivity contribution in [1.29, 1.82) is 0 Å². The van der Waals surface area contributed by atoms with E-state index in [1.807, 2.05) is 12.1 Å². The molecule has 1 aromatic heterocycles. The number of carbonyl (C=O) groups is 1. The highest BCUT2D eigenvalue weighted by molar-refractivity contribution is 5.95. The van der Waals surface area contributed by atoms with Crippen LogP contribution in [0.5, 0.6) is 0 Å². The molecule has 1 aromatic carbocycles.